The Kier molecular flexibility index (Phi) is 10.2. The Labute approximate surface area is 177 Å². The fourth-order valence-electron chi connectivity index (χ4n) is 4.85. The van der Waals surface area contributed by atoms with Gasteiger partial charge in [-0.2, -0.15) is 0 Å². The van der Waals surface area contributed by atoms with Gasteiger partial charge in [-0.1, -0.05) is 78.4 Å². The van der Waals surface area contributed by atoms with Crippen LogP contribution in [0.4, 0.5) is 0 Å². The lowest BCUT2D eigenvalue weighted by Crippen LogP contribution is -2.36. The molecule has 2 bridgehead atoms. The Bertz CT molecular complexity index is 495. The van der Waals surface area contributed by atoms with Crippen LogP contribution in [-0.4, -0.2) is 25.2 Å². The maximum Gasteiger partial charge on any atom is 0.310 e. The molecule has 1 fully saturated rings. The molecule has 2 aliphatic carbocycles. The Balaban J connectivity index is 1.91. The number of unbranched alkanes of at least 4 members (excludes halogenated alkanes) is 2. The van der Waals surface area contributed by atoms with Crippen LogP contribution in [0.25, 0.3) is 0 Å². The van der Waals surface area contributed by atoms with Crippen molar-refractivity contribution < 1.29 is 19.1 Å². The molecule has 0 radical (unpaired) electrons. The molecule has 4 heteroatoms. The molecule has 0 saturated heterocycles. The molecule has 0 spiro atoms. The van der Waals surface area contributed by atoms with Crippen LogP contribution in [0, 0.1) is 35.5 Å². The third kappa shape index (κ3) is 6.58. The van der Waals surface area contributed by atoms with Gasteiger partial charge in [0.1, 0.15) is 0 Å². The van der Waals surface area contributed by atoms with Gasteiger partial charge < -0.3 is 9.47 Å². The fourth-order valence-corrected chi connectivity index (χ4v) is 4.85. The Hall–Kier alpha value is -1.32. The lowest BCUT2D eigenvalue weighted by atomic mass is 9.83. The van der Waals surface area contributed by atoms with Crippen molar-refractivity contribution in [2.75, 3.05) is 13.2 Å². The summed E-state index contributed by atoms with van der Waals surface area (Å²) in [4.78, 5) is 25.8. The van der Waals surface area contributed by atoms with Gasteiger partial charge in [-0.25, -0.2) is 0 Å². The number of fused-ring (bicyclic) bond motifs is 2. The lowest BCUT2D eigenvalue weighted by molar-refractivity contribution is -0.163. The highest BCUT2D eigenvalue weighted by Gasteiger charge is 2.53. The smallest absolute Gasteiger partial charge is 0.310 e. The van der Waals surface area contributed by atoms with Crippen molar-refractivity contribution in [3.05, 3.63) is 12.2 Å². The molecule has 0 aromatic heterocycles. The predicted octanol–water partition coefficient (Wildman–Crippen LogP) is 5.94. The Morgan fingerprint density at radius 3 is 1.55 bits per heavy atom. The van der Waals surface area contributed by atoms with E-state index in [1.165, 1.54) is 12.8 Å². The van der Waals surface area contributed by atoms with Crippen molar-refractivity contribution in [2.45, 2.75) is 85.5 Å². The van der Waals surface area contributed by atoms with E-state index in [1.807, 2.05) is 0 Å². The number of ether oxygens (including phenoxy) is 2. The first kappa shape index (κ1) is 24.0. The first-order valence-corrected chi connectivity index (χ1v) is 12.1. The summed E-state index contributed by atoms with van der Waals surface area (Å²) in [5.41, 5.74) is 0. The van der Waals surface area contributed by atoms with Gasteiger partial charge in [0.05, 0.1) is 25.0 Å². The summed E-state index contributed by atoms with van der Waals surface area (Å²) >= 11 is 0. The number of allylic oxidation sites excluding steroid dienone is 2. The molecule has 0 aromatic rings. The minimum atomic E-state index is -0.364. The second-order valence-electron chi connectivity index (χ2n) is 9.09. The summed E-state index contributed by atoms with van der Waals surface area (Å²) in [6, 6.07) is 0. The van der Waals surface area contributed by atoms with Gasteiger partial charge in [-0.15, -0.1) is 0 Å². The van der Waals surface area contributed by atoms with Crippen LogP contribution in [-0.2, 0) is 19.1 Å². The van der Waals surface area contributed by atoms with E-state index >= 15 is 0 Å². The van der Waals surface area contributed by atoms with Crippen LogP contribution in [0.5, 0.6) is 0 Å². The largest absolute Gasteiger partial charge is 0.465 e. The van der Waals surface area contributed by atoms with Crippen molar-refractivity contribution in [2.24, 2.45) is 35.5 Å². The van der Waals surface area contributed by atoms with Crippen LogP contribution in [0.1, 0.15) is 85.5 Å². The number of esters is 2. The number of carbonyl (C=O) groups excluding carboxylic acids is 2. The average Bonchev–Trinajstić information content (AvgIpc) is 3.35. The van der Waals surface area contributed by atoms with Crippen molar-refractivity contribution >= 4 is 11.9 Å². The second-order valence-corrected chi connectivity index (χ2v) is 9.09. The topological polar surface area (TPSA) is 52.6 Å². The minimum absolute atomic E-state index is 0.128. The van der Waals surface area contributed by atoms with Crippen molar-refractivity contribution in [3.8, 4) is 0 Å². The number of hydrogen-bond acceptors (Lipinski definition) is 4. The fraction of sp³-hybridized carbons (Fsp3) is 0.840. The minimum Gasteiger partial charge on any atom is -0.465 e. The van der Waals surface area contributed by atoms with Crippen molar-refractivity contribution in [3.63, 3.8) is 0 Å². The molecule has 0 aliphatic heterocycles. The van der Waals surface area contributed by atoms with Crippen molar-refractivity contribution in [1.82, 2.24) is 0 Å². The zero-order chi connectivity index (χ0) is 21.2. The van der Waals surface area contributed by atoms with Gasteiger partial charge in [0, 0.05) is 0 Å². The predicted molar refractivity (Wildman–Crippen MR) is 116 cm³/mol. The molecule has 2 aliphatic rings. The molecule has 0 amide bonds. The maximum atomic E-state index is 12.9. The van der Waals surface area contributed by atoms with Crippen LogP contribution in [0.3, 0.4) is 0 Å². The Morgan fingerprint density at radius 2 is 1.21 bits per heavy atom. The lowest BCUT2D eigenvalue weighted by Gasteiger charge is -2.26. The first-order valence-electron chi connectivity index (χ1n) is 12.1. The van der Waals surface area contributed by atoms with E-state index in [-0.39, 0.29) is 35.6 Å². The summed E-state index contributed by atoms with van der Waals surface area (Å²) in [6.07, 6.45) is 14.0. The van der Waals surface area contributed by atoms with Gasteiger partial charge in [-0.3, -0.25) is 9.59 Å². The molecule has 0 aromatic carbocycles. The molecule has 4 nitrogen and oxygen atoms in total. The van der Waals surface area contributed by atoms with Gasteiger partial charge in [0.25, 0.3) is 0 Å². The summed E-state index contributed by atoms with van der Waals surface area (Å²) < 4.78 is 11.5. The quantitative estimate of drug-likeness (QED) is 0.264. The molecular weight excluding hydrogens is 364 g/mol. The molecule has 2 rings (SSSR count). The van der Waals surface area contributed by atoms with Gasteiger partial charge in [-0.05, 0) is 42.9 Å². The van der Waals surface area contributed by atoms with E-state index in [4.69, 9.17) is 9.47 Å². The standard InChI is InChI=1S/C25H42O4/c1-5-9-11-18(7-3)16-28-24(26)22-20-13-14-21(15-20)23(22)25(27)29-17-19(8-4)12-10-6-2/h13-14,18-23H,5-12,15-17H2,1-4H3. The van der Waals surface area contributed by atoms with Gasteiger partial charge in [0.15, 0.2) is 0 Å². The molecule has 6 atom stereocenters. The zero-order valence-corrected chi connectivity index (χ0v) is 19.0. The third-order valence-corrected chi connectivity index (χ3v) is 7.01. The van der Waals surface area contributed by atoms with Crippen LogP contribution in [0.15, 0.2) is 12.2 Å². The molecule has 6 unspecified atom stereocenters. The first-order chi connectivity index (χ1) is 14.0. The third-order valence-electron chi connectivity index (χ3n) is 7.01. The normalized spacial score (nSPS) is 27.0. The van der Waals surface area contributed by atoms with E-state index in [1.54, 1.807) is 0 Å². The van der Waals surface area contributed by atoms with Crippen LogP contribution >= 0.6 is 0 Å². The molecule has 1 saturated carbocycles. The van der Waals surface area contributed by atoms with Gasteiger partial charge >= 0.3 is 11.9 Å². The number of carbonyl (C=O) groups is 2. The molecule has 29 heavy (non-hydrogen) atoms. The molecule has 0 N–H and O–H groups in total. The highest BCUT2D eigenvalue weighted by Crippen LogP contribution is 2.49. The second kappa shape index (κ2) is 12.4. The van der Waals surface area contributed by atoms with E-state index in [9.17, 15) is 9.59 Å². The molecule has 0 heterocycles. The molecular formula is C25H42O4. The summed E-state index contributed by atoms with van der Waals surface area (Å²) in [5.74, 6) is -0.0300. The monoisotopic (exact) mass is 406 g/mol. The average molecular weight is 407 g/mol. The Morgan fingerprint density at radius 1 is 0.793 bits per heavy atom. The van der Waals surface area contributed by atoms with E-state index in [0.717, 1.165) is 44.9 Å². The summed E-state index contributed by atoms with van der Waals surface area (Å²) in [5, 5.41) is 0. The highest BCUT2D eigenvalue weighted by molar-refractivity contribution is 5.84. The summed E-state index contributed by atoms with van der Waals surface area (Å²) in [7, 11) is 0. The number of rotatable bonds is 14. The molecule has 166 valence electrons. The SMILES string of the molecule is CCCCC(CC)COC(=O)C1C2C=CC(C2)C1C(=O)OCC(CC)CCCC. The summed E-state index contributed by atoms with van der Waals surface area (Å²) in [6.45, 7) is 9.62. The van der Waals surface area contributed by atoms with E-state index < -0.39 is 0 Å². The highest BCUT2D eigenvalue weighted by atomic mass is 16.5. The van der Waals surface area contributed by atoms with Crippen molar-refractivity contribution in [1.29, 1.82) is 0 Å². The zero-order valence-electron chi connectivity index (χ0n) is 19.0. The van der Waals surface area contributed by atoms with Crippen LogP contribution < -0.4 is 0 Å². The van der Waals surface area contributed by atoms with E-state index in [2.05, 4.69) is 39.8 Å². The van der Waals surface area contributed by atoms with Crippen LogP contribution in [0.2, 0.25) is 0 Å². The van der Waals surface area contributed by atoms with E-state index in [0.29, 0.717) is 25.0 Å². The number of hydrogen-bond donors (Lipinski definition) is 0. The van der Waals surface area contributed by atoms with Gasteiger partial charge in [0.2, 0.25) is 0 Å². The maximum absolute atomic E-state index is 12.9.